The number of carboxylic acids is 1. The number of aryl methyl sites for hydroxylation is 1. The van der Waals surface area contributed by atoms with Gasteiger partial charge in [0.05, 0.1) is 17.9 Å². The van der Waals surface area contributed by atoms with Crippen LogP contribution in [-0.4, -0.2) is 15.5 Å². The van der Waals surface area contributed by atoms with Crippen LogP contribution in [0.3, 0.4) is 0 Å². The molecule has 0 aliphatic rings. The summed E-state index contributed by atoms with van der Waals surface area (Å²) in [6, 6.07) is 0. The SMILES string of the molecule is Cc1ncc(C(=O)[O-])n1C. The molecule has 4 heteroatoms. The summed E-state index contributed by atoms with van der Waals surface area (Å²) < 4.78 is 1.47. The van der Waals surface area contributed by atoms with Gasteiger partial charge in [-0.1, -0.05) is 0 Å². The number of carbonyl (C=O) groups excluding carboxylic acids is 1. The standard InChI is InChI=1S/C6H8N2O2/c1-4-7-3-5(6(9)10)8(4)2/h3H,1-2H3,(H,9,10)/p-1. The minimum absolute atomic E-state index is 0.109. The van der Waals surface area contributed by atoms with Crippen LogP contribution in [0.2, 0.25) is 0 Å². The lowest BCUT2D eigenvalue weighted by Crippen LogP contribution is -2.24. The Morgan fingerprint density at radius 1 is 1.80 bits per heavy atom. The van der Waals surface area contributed by atoms with Crippen molar-refractivity contribution in [3.8, 4) is 0 Å². The second kappa shape index (κ2) is 2.13. The van der Waals surface area contributed by atoms with E-state index in [0.29, 0.717) is 5.82 Å². The molecule has 0 unspecified atom stereocenters. The van der Waals surface area contributed by atoms with Crippen LogP contribution in [0.25, 0.3) is 0 Å². The fourth-order valence-electron chi connectivity index (χ4n) is 0.692. The Kier molecular flexibility index (Phi) is 1.45. The molecule has 0 radical (unpaired) electrons. The van der Waals surface area contributed by atoms with Gasteiger partial charge in [0.2, 0.25) is 0 Å². The van der Waals surface area contributed by atoms with E-state index in [2.05, 4.69) is 4.98 Å². The maximum Gasteiger partial charge on any atom is 0.105 e. The summed E-state index contributed by atoms with van der Waals surface area (Å²) in [6.45, 7) is 1.73. The van der Waals surface area contributed by atoms with E-state index in [1.165, 1.54) is 10.8 Å². The molecule has 1 aromatic rings. The van der Waals surface area contributed by atoms with Crippen LogP contribution in [0.5, 0.6) is 0 Å². The summed E-state index contributed by atoms with van der Waals surface area (Å²) in [4.78, 5) is 14.0. The molecule has 0 saturated carbocycles. The Hall–Kier alpha value is -1.32. The maximum atomic E-state index is 10.3. The first-order chi connectivity index (χ1) is 4.63. The normalized spacial score (nSPS) is 9.80. The molecular formula is C6H7N2O2-. The van der Waals surface area contributed by atoms with Gasteiger partial charge >= 0.3 is 0 Å². The van der Waals surface area contributed by atoms with E-state index in [-0.39, 0.29) is 5.69 Å². The van der Waals surface area contributed by atoms with Crippen LogP contribution in [0.1, 0.15) is 16.3 Å². The Balaban J connectivity index is 3.17. The van der Waals surface area contributed by atoms with Gasteiger partial charge in [-0.15, -0.1) is 0 Å². The third kappa shape index (κ3) is 0.877. The summed E-state index contributed by atoms with van der Waals surface area (Å²) in [6.07, 6.45) is 1.28. The molecule has 10 heavy (non-hydrogen) atoms. The summed E-state index contributed by atoms with van der Waals surface area (Å²) in [7, 11) is 1.63. The first-order valence-corrected chi connectivity index (χ1v) is 2.82. The van der Waals surface area contributed by atoms with Crippen molar-refractivity contribution in [1.82, 2.24) is 9.55 Å². The number of imidazole rings is 1. The van der Waals surface area contributed by atoms with Crippen molar-refractivity contribution < 1.29 is 9.90 Å². The molecular weight excluding hydrogens is 132 g/mol. The molecule has 0 spiro atoms. The van der Waals surface area contributed by atoms with Crippen molar-refractivity contribution in [1.29, 1.82) is 0 Å². The highest BCUT2D eigenvalue weighted by Gasteiger charge is 2.00. The third-order valence-electron chi connectivity index (χ3n) is 1.43. The summed E-state index contributed by atoms with van der Waals surface area (Å²) in [5, 5.41) is 10.3. The first kappa shape index (κ1) is 6.80. The molecule has 54 valence electrons. The Morgan fingerprint density at radius 2 is 2.40 bits per heavy atom. The number of aromatic carboxylic acids is 1. The van der Waals surface area contributed by atoms with Crippen molar-refractivity contribution in [2.45, 2.75) is 6.92 Å². The number of carboxylic acid groups (broad SMARTS) is 1. The number of hydrogen-bond donors (Lipinski definition) is 0. The summed E-state index contributed by atoms with van der Waals surface area (Å²) in [5.74, 6) is -0.526. The number of carbonyl (C=O) groups is 1. The van der Waals surface area contributed by atoms with Crippen molar-refractivity contribution in [2.75, 3.05) is 0 Å². The second-order valence-electron chi connectivity index (χ2n) is 2.04. The second-order valence-corrected chi connectivity index (χ2v) is 2.04. The fraction of sp³-hybridized carbons (Fsp3) is 0.333. The fourth-order valence-corrected chi connectivity index (χ4v) is 0.692. The van der Waals surface area contributed by atoms with Crippen molar-refractivity contribution in [3.05, 3.63) is 17.7 Å². The molecule has 0 aliphatic heterocycles. The largest absolute Gasteiger partial charge is 0.543 e. The van der Waals surface area contributed by atoms with Gasteiger partial charge in [-0.05, 0) is 6.92 Å². The van der Waals surface area contributed by atoms with E-state index >= 15 is 0 Å². The Labute approximate surface area is 58.1 Å². The molecule has 0 aliphatic carbocycles. The van der Waals surface area contributed by atoms with Crippen molar-refractivity contribution >= 4 is 5.97 Å². The Morgan fingerprint density at radius 3 is 2.60 bits per heavy atom. The highest BCUT2D eigenvalue weighted by Crippen LogP contribution is 1.98. The Bertz CT molecular complexity index is 265. The average molecular weight is 139 g/mol. The first-order valence-electron chi connectivity index (χ1n) is 2.82. The van der Waals surface area contributed by atoms with Gasteiger partial charge in [0.15, 0.2) is 0 Å². The van der Waals surface area contributed by atoms with Gasteiger partial charge in [-0.25, -0.2) is 4.98 Å². The monoisotopic (exact) mass is 139 g/mol. The lowest BCUT2D eigenvalue weighted by Gasteiger charge is -2.02. The van der Waals surface area contributed by atoms with Gasteiger partial charge in [0.1, 0.15) is 5.82 Å². The molecule has 4 nitrogen and oxygen atoms in total. The molecule has 0 saturated heterocycles. The smallest absolute Gasteiger partial charge is 0.105 e. The quantitative estimate of drug-likeness (QED) is 0.506. The number of aromatic nitrogens is 2. The van der Waals surface area contributed by atoms with Gasteiger partial charge < -0.3 is 14.5 Å². The molecule has 0 amide bonds. The van der Waals surface area contributed by atoms with E-state index < -0.39 is 5.97 Å². The van der Waals surface area contributed by atoms with Crippen LogP contribution in [0, 0.1) is 6.92 Å². The topological polar surface area (TPSA) is 57.9 Å². The summed E-state index contributed by atoms with van der Waals surface area (Å²) in [5.41, 5.74) is 0.109. The van der Waals surface area contributed by atoms with Gasteiger partial charge in [0.25, 0.3) is 0 Å². The van der Waals surface area contributed by atoms with E-state index in [9.17, 15) is 9.90 Å². The van der Waals surface area contributed by atoms with Crippen LogP contribution in [-0.2, 0) is 7.05 Å². The van der Waals surface area contributed by atoms with Crippen LogP contribution < -0.4 is 5.11 Å². The van der Waals surface area contributed by atoms with Gasteiger partial charge in [0, 0.05) is 7.05 Å². The zero-order valence-corrected chi connectivity index (χ0v) is 5.79. The minimum atomic E-state index is -1.19. The van der Waals surface area contributed by atoms with Crippen LogP contribution in [0.15, 0.2) is 6.20 Å². The van der Waals surface area contributed by atoms with E-state index in [0.717, 1.165) is 0 Å². The van der Waals surface area contributed by atoms with Crippen LogP contribution >= 0.6 is 0 Å². The lowest BCUT2D eigenvalue weighted by molar-refractivity contribution is -0.255. The molecule has 1 rings (SSSR count). The molecule has 0 bridgehead atoms. The molecule has 0 fully saturated rings. The van der Waals surface area contributed by atoms with Gasteiger partial charge in [-0.3, -0.25) is 0 Å². The van der Waals surface area contributed by atoms with E-state index in [1.54, 1.807) is 14.0 Å². The lowest BCUT2D eigenvalue weighted by atomic mass is 10.5. The third-order valence-corrected chi connectivity index (χ3v) is 1.43. The van der Waals surface area contributed by atoms with Gasteiger partial charge in [-0.2, -0.15) is 0 Å². The number of rotatable bonds is 1. The molecule has 0 N–H and O–H groups in total. The molecule has 0 atom stereocenters. The number of nitrogens with zero attached hydrogens (tertiary/aromatic N) is 2. The predicted molar refractivity (Wildman–Crippen MR) is 32.3 cm³/mol. The van der Waals surface area contributed by atoms with Crippen molar-refractivity contribution in [2.24, 2.45) is 7.05 Å². The van der Waals surface area contributed by atoms with Crippen molar-refractivity contribution in [3.63, 3.8) is 0 Å². The zero-order valence-electron chi connectivity index (χ0n) is 5.79. The molecule has 0 aromatic carbocycles. The predicted octanol–water partition coefficient (Wildman–Crippen LogP) is -0.908. The average Bonchev–Trinajstić information content (AvgIpc) is 2.14. The minimum Gasteiger partial charge on any atom is -0.543 e. The maximum absolute atomic E-state index is 10.3. The molecule has 1 aromatic heterocycles. The zero-order chi connectivity index (χ0) is 7.72. The van der Waals surface area contributed by atoms with E-state index in [4.69, 9.17) is 0 Å². The highest BCUT2D eigenvalue weighted by atomic mass is 16.4. The van der Waals surface area contributed by atoms with E-state index in [1.807, 2.05) is 0 Å². The highest BCUT2D eigenvalue weighted by molar-refractivity contribution is 5.83. The number of hydrogen-bond acceptors (Lipinski definition) is 3. The molecule has 1 heterocycles. The van der Waals surface area contributed by atoms with Crippen LogP contribution in [0.4, 0.5) is 0 Å². The summed E-state index contributed by atoms with van der Waals surface area (Å²) >= 11 is 0.